The number of fused-ring (bicyclic) bond motifs is 1. The van der Waals surface area contributed by atoms with Crippen LogP contribution in [0.5, 0.6) is 5.75 Å². The molecule has 0 radical (unpaired) electrons. The number of para-hydroxylation sites is 1. The van der Waals surface area contributed by atoms with Gasteiger partial charge in [0.05, 0.1) is 15.2 Å². The van der Waals surface area contributed by atoms with Crippen molar-refractivity contribution < 1.29 is 13.9 Å². The van der Waals surface area contributed by atoms with Gasteiger partial charge >= 0.3 is 0 Å². The van der Waals surface area contributed by atoms with Gasteiger partial charge in [-0.25, -0.2) is 9.37 Å². The number of hydrogen-bond acceptors (Lipinski definition) is 4. The Morgan fingerprint density at radius 1 is 1.26 bits per heavy atom. The number of piperidine rings is 1. The highest BCUT2D eigenvalue weighted by molar-refractivity contribution is 7.18. The first-order valence-electron chi connectivity index (χ1n) is 8.81. The maximum atomic E-state index is 13.6. The van der Waals surface area contributed by atoms with Crippen molar-refractivity contribution in [2.24, 2.45) is 0 Å². The summed E-state index contributed by atoms with van der Waals surface area (Å²) in [5.74, 6) is -0.126. The minimum absolute atomic E-state index is 0.105. The quantitative estimate of drug-likeness (QED) is 0.622. The zero-order valence-electron chi connectivity index (χ0n) is 14.5. The van der Waals surface area contributed by atoms with Crippen LogP contribution in [-0.2, 0) is 4.79 Å². The molecule has 1 aromatic heterocycles. The van der Waals surface area contributed by atoms with Crippen LogP contribution in [0.25, 0.3) is 10.2 Å². The van der Waals surface area contributed by atoms with Crippen LogP contribution in [0.15, 0.2) is 42.5 Å². The summed E-state index contributed by atoms with van der Waals surface area (Å²) in [6.45, 7) is 1.16. The van der Waals surface area contributed by atoms with Crippen molar-refractivity contribution in [3.05, 3.63) is 58.3 Å². The molecule has 27 heavy (non-hydrogen) atoms. The van der Waals surface area contributed by atoms with Crippen molar-refractivity contribution in [3.8, 4) is 5.75 Å². The number of carbonyl (C=O) groups is 1. The summed E-state index contributed by atoms with van der Waals surface area (Å²) < 4.78 is 20.0. The Hall–Kier alpha value is -2.18. The van der Waals surface area contributed by atoms with E-state index in [1.54, 1.807) is 28.4 Å². The van der Waals surface area contributed by atoms with Gasteiger partial charge < -0.3 is 9.64 Å². The molecular weight excluding hydrogens is 387 g/mol. The summed E-state index contributed by atoms with van der Waals surface area (Å²) in [7, 11) is 0. The number of thiazole rings is 1. The van der Waals surface area contributed by atoms with E-state index in [9.17, 15) is 9.18 Å². The number of carbonyl (C=O) groups excluding carboxylic acids is 1. The molecule has 140 valence electrons. The fraction of sp³-hybridized carbons (Fsp3) is 0.300. The molecule has 0 aliphatic carbocycles. The maximum Gasteiger partial charge on any atom is 0.260 e. The number of aromatic nitrogens is 1. The molecule has 1 aliphatic rings. The third-order valence-electron chi connectivity index (χ3n) is 4.75. The highest BCUT2D eigenvalue weighted by Gasteiger charge is 2.26. The molecule has 2 heterocycles. The number of likely N-dealkylation sites (tertiary alicyclic amines) is 1. The lowest BCUT2D eigenvalue weighted by Crippen LogP contribution is -2.40. The lowest BCUT2D eigenvalue weighted by Gasteiger charge is -2.31. The first-order valence-corrected chi connectivity index (χ1v) is 10.0. The monoisotopic (exact) mass is 404 g/mol. The molecule has 0 unspecified atom stereocenters. The van der Waals surface area contributed by atoms with Crippen molar-refractivity contribution in [1.29, 1.82) is 0 Å². The number of hydrogen-bond donors (Lipinski definition) is 0. The van der Waals surface area contributed by atoms with Crippen molar-refractivity contribution in [1.82, 2.24) is 9.88 Å². The smallest absolute Gasteiger partial charge is 0.260 e. The van der Waals surface area contributed by atoms with E-state index in [1.165, 1.54) is 12.1 Å². The average Bonchev–Trinajstić information content (AvgIpc) is 3.10. The van der Waals surface area contributed by atoms with E-state index in [0.29, 0.717) is 24.0 Å². The highest BCUT2D eigenvalue weighted by Crippen LogP contribution is 2.34. The number of amides is 1. The van der Waals surface area contributed by atoms with Crippen LogP contribution in [0, 0.1) is 5.82 Å². The zero-order chi connectivity index (χ0) is 18.8. The molecule has 1 amide bonds. The summed E-state index contributed by atoms with van der Waals surface area (Å²) >= 11 is 7.73. The predicted octanol–water partition coefficient (Wildman–Crippen LogP) is 4.87. The Kier molecular flexibility index (Phi) is 5.27. The van der Waals surface area contributed by atoms with Crippen molar-refractivity contribution in [2.75, 3.05) is 19.7 Å². The van der Waals surface area contributed by atoms with E-state index in [0.717, 1.165) is 28.1 Å². The molecule has 0 atom stereocenters. The maximum absolute atomic E-state index is 13.6. The number of rotatable bonds is 4. The SMILES string of the molecule is O=C(COc1ccccc1F)N1CCC(c2nc3cc(Cl)ccc3s2)CC1. The first kappa shape index (κ1) is 18.2. The molecule has 4 rings (SSSR count). The number of nitrogens with zero attached hydrogens (tertiary/aromatic N) is 2. The molecule has 7 heteroatoms. The summed E-state index contributed by atoms with van der Waals surface area (Å²) in [4.78, 5) is 18.9. The molecule has 0 bridgehead atoms. The topological polar surface area (TPSA) is 42.4 Å². The Bertz CT molecular complexity index is 970. The predicted molar refractivity (Wildman–Crippen MR) is 105 cm³/mol. The Morgan fingerprint density at radius 2 is 2.04 bits per heavy atom. The highest BCUT2D eigenvalue weighted by atomic mass is 35.5. The Balaban J connectivity index is 1.34. The van der Waals surface area contributed by atoms with Crippen LogP contribution >= 0.6 is 22.9 Å². The van der Waals surface area contributed by atoms with Crippen LogP contribution in [0.1, 0.15) is 23.8 Å². The number of benzene rings is 2. The summed E-state index contributed by atoms with van der Waals surface area (Å²) in [6, 6.07) is 11.9. The van der Waals surface area contributed by atoms with Gasteiger partial charge in [-0.3, -0.25) is 4.79 Å². The molecule has 0 saturated carbocycles. The second kappa shape index (κ2) is 7.82. The third-order valence-corrected chi connectivity index (χ3v) is 6.18. The molecule has 4 nitrogen and oxygen atoms in total. The van der Waals surface area contributed by atoms with Gasteiger partial charge in [-0.15, -0.1) is 11.3 Å². The second-order valence-electron chi connectivity index (χ2n) is 6.54. The van der Waals surface area contributed by atoms with Gasteiger partial charge in [0.2, 0.25) is 0 Å². The van der Waals surface area contributed by atoms with E-state index < -0.39 is 5.82 Å². The second-order valence-corrected chi connectivity index (χ2v) is 8.04. The van der Waals surface area contributed by atoms with Crippen LogP contribution in [-0.4, -0.2) is 35.5 Å². The van der Waals surface area contributed by atoms with Crippen molar-refractivity contribution >= 4 is 39.1 Å². The standard InChI is InChI=1S/C20H18ClFN2O2S/c21-14-5-6-18-16(11-14)23-20(27-18)13-7-9-24(10-8-13)19(25)12-26-17-4-2-1-3-15(17)22/h1-6,11,13H,7-10,12H2. The van der Waals surface area contributed by atoms with Gasteiger partial charge in [-0.2, -0.15) is 0 Å². The Labute approximate surface area is 165 Å². The van der Waals surface area contributed by atoms with Gasteiger partial charge in [0, 0.05) is 24.0 Å². The van der Waals surface area contributed by atoms with Crippen LogP contribution < -0.4 is 4.74 Å². The van der Waals surface area contributed by atoms with Gasteiger partial charge in [-0.1, -0.05) is 23.7 Å². The van der Waals surface area contributed by atoms with E-state index in [-0.39, 0.29) is 18.3 Å². The van der Waals surface area contributed by atoms with E-state index >= 15 is 0 Å². The number of halogens is 2. The van der Waals surface area contributed by atoms with Gasteiger partial charge in [0.15, 0.2) is 18.2 Å². The van der Waals surface area contributed by atoms with Gasteiger partial charge in [-0.05, 0) is 43.2 Å². The normalized spacial score (nSPS) is 15.3. The minimum Gasteiger partial charge on any atom is -0.481 e. The van der Waals surface area contributed by atoms with E-state index in [1.807, 2.05) is 18.2 Å². The Morgan fingerprint density at radius 3 is 2.81 bits per heavy atom. The van der Waals surface area contributed by atoms with Crippen molar-refractivity contribution in [3.63, 3.8) is 0 Å². The van der Waals surface area contributed by atoms with Gasteiger partial charge in [0.1, 0.15) is 0 Å². The van der Waals surface area contributed by atoms with Crippen LogP contribution in [0.4, 0.5) is 4.39 Å². The summed E-state index contributed by atoms with van der Waals surface area (Å²) in [6.07, 6.45) is 1.72. The lowest BCUT2D eigenvalue weighted by molar-refractivity contribution is -0.134. The van der Waals surface area contributed by atoms with Gasteiger partial charge in [0.25, 0.3) is 5.91 Å². The molecule has 0 spiro atoms. The fourth-order valence-electron chi connectivity index (χ4n) is 3.26. The lowest BCUT2D eigenvalue weighted by atomic mass is 9.97. The minimum atomic E-state index is -0.458. The molecule has 1 fully saturated rings. The summed E-state index contributed by atoms with van der Waals surface area (Å²) in [5.41, 5.74) is 0.930. The van der Waals surface area contributed by atoms with E-state index in [2.05, 4.69) is 0 Å². The molecule has 1 aliphatic heterocycles. The van der Waals surface area contributed by atoms with Crippen molar-refractivity contribution in [2.45, 2.75) is 18.8 Å². The molecule has 0 N–H and O–H groups in total. The average molecular weight is 405 g/mol. The fourth-order valence-corrected chi connectivity index (χ4v) is 4.54. The van der Waals surface area contributed by atoms with E-state index in [4.69, 9.17) is 21.3 Å². The molecule has 2 aromatic carbocycles. The number of ether oxygens (including phenoxy) is 1. The largest absolute Gasteiger partial charge is 0.481 e. The molecule has 3 aromatic rings. The van der Waals surface area contributed by atoms with Crippen LogP contribution in [0.3, 0.4) is 0 Å². The zero-order valence-corrected chi connectivity index (χ0v) is 16.1. The first-order chi connectivity index (χ1) is 13.1. The molecular formula is C20H18ClFN2O2S. The molecule has 1 saturated heterocycles. The third kappa shape index (κ3) is 4.06. The summed E-state index contributed by atoms with van der Waals surface area (Å²) in [5, 5.41) is 1.79. The van der Waals surface area contributed by atoms with Crippen LogP contribution in [0.2, 0.25) is 5.02 Å².